The predicted molar refractivity (Wildman–Crippen MR) is 92.5 cm³/mol. The van der Waals surface area contributed by atoms with E-state index in [0.717, 1.165) is 14.9 Å². The molecule has 0 aliphatic heterocycles. The summed E-state index contributed by atoms with van der Waals surface area (Å²) in [6.07, 6.45) is 1.67. The van der Waals surface area contributed by atoms with E-state index < -0.39 is 10.0 Å². The van der Waals surface area contributed by atoms with Crippen molar-refractivity contribution in [1.29, 1.82) is 0 Å². The maximum atomic E-state index is 12.3. The van der Waals surface area contributed by atoms with Crippen LogP contribution in [0.1, 0.15) is 0 Å². The molecule has 3 aromatic rings. The summed E-state index contributed by atoms with van der Waals surface area (Å²) in [5.41, 5.74) is 1.01. The molecule has 0 saturated carbocycles. The van der Waals surface area contributed by atoms with Crippen molar-refractivity contribution in [2.45, 2.75) is 4.90 Å². The van der Waals surface area contributed by atoms with Crippen molar-refractivity contribution in [2.75, 3.05) is 4.72 Å². The van der Waals surface area contributed by atoms with Gasteiger partial charge in [0.05, 0.1) is 9.77 Å². The molecule has 0 amide bonds. The Morgan fingerprint density at radius 2 is 1.68 bits per heavy atom. The second-order valence-corrected chi connectivity index (χ2v) is 8.08. The highest BCUT2D eigenvalue weighted by Gasteiger charge is 2.16. The summed E-state index contributed by atoms with van der Waals surface area (Å²) >= 11 is 4.58. The molecule has 0 aliphatic carbocycles. The first-order chi connectivity index (χ1) is 10.5. The first-order valence-corrected chi connectivity index (χ1v) is 9.43. The molecule has 1 aromatic heterocycles. The Morgan fingerprint density at radius 3 is 2.36 bits per heavy atom. The molecule has 22 heavy (non-hydrogen) atoms. The maximum absolute atomic E-state index is 12.3. The highest BCUT2D eigenvalue weighted by Crippen LogP contribution is 2.30. The van der Waals surface area contributed by atoms with Gasteiger partial charge in [-0.2, -0.15) is 0 Å². The summed E-state index contributed by atoms with van der Waals surface area (Å²) in [7, 11) is -3.62. The summed E-state index contributed by atoms with van der Waals surface area (Å²) in [5.74, 6) is 0. The molecule has 0 radical (unpaired) electrons. The van der Waals surface area contributed by atoms with Crippen molar-refractivity contribution >= 4 is 42.4 Å². The molecule has 0 unspecified atom stereocenters. The third kappa shape index (κ3) is 3.37. The molecule has 3 rings (SSSR count). The molecule has 0 saturated heterocycles. The zero-order valence-corrected chi connectivity index (χ0v) is 14.5. The number of aromatic nitrogens is 1. The van der Waals surface area contributed by atoms with E-state index in [-0.39, 0.29) is 4.90 Å². The fourth-order valence-electron chi connectivity index (χ4n) is 1.84. The third-order valence-electron chi connectivity index (χ3n) is 2.91. The monoisotopic (exact) mass is 394 g/mol. The van der Waals surface area contributed by atoms with Crippen LogP contribution in [0.3, 0.4) is 0 Å². The van der Waals surface area contributed by atoms with Crippen LogP contribution in [0.25, 0.3) is 10.4 Å². The summed E-state index contributed by atoms with van der Waals surface area (Å²) in [6.45, 7) is 0. The third-order valence-corrected chi connectivity index (χ3v) is 5.88. The van der Waals surface area contributed by atoms with Crippen LogP contribution in [-0.2, 0) is 10.0 Å². The van der Waals surface area contributed by atoms with Gasteiger partial charge in [0.1, 0.15) is 0 Å². The van der Waals surface area contributed by atoms with E-state index in [1.807, 2.05) is 30.3 Å². The molecule has 1 N–H and O–H groups in total. The lowest BCUT2D eigenvalue weighted by atomic mass is 10.2. The Morgan fingerprint density at radius 1 is 1.00 bits per heavy atom. The van der Waals surface area contributed by atoms with Gasteiger partial charge in [0.2, 0.25) is 0 Å². The van der Waals surface area contributed by atoms with Crippen LogP contribution in [0.15, 0.2) is 70.2 Å². The smallest absolute Gasteiger partial charge is 0.255 e. The zero-order chi connectivity index (χ0) is 15.6. The van der Waals surface area contributed by atoms with Gasteiger partial charge in [-0.1, -0.05) is 57.6 Å². The Kier molecular flexibility index (Phi) is 4.28. The number of halogens is 1. The van der Waals surface area contributed by atoms with Crippen LogP contribution in [-0.4, -0.2) is 13.4 Å². The quantitative estimate of drug-likeness (QED) is 0.714. The number of hydrogen-bond donors (Lipinski definition) is 1. The summed E-state index contributed by atoms with van der Waals surface area (Å²) in [6, 6.07) is 16.2. The Hall–Kier alpha value is -1.70. The first-order valence-electron chi connectivity index (χ1n) is 6.34. The molecule has 112 valence electrons. The summed E-state index contributed by atoms with van der Waals surface area (Å²) < 4.78 is 27.9. The lowest BCUT2D eigenvalue weighted by molar-refractivity contribution is 0.601. The van der Waals surface area contributed by atoms with Crippen molar-refractivity contribution in [1.82, 2.24) is 4.98 Å². The molecule has 0 aliphatic rings. The van der Waals surface area contributed by atoms with E-state index >= 15 is 0 Å². The van der Waals surface area contributed by atoms with Crippen molar-refractivity contribution in [3.05, 3.63) is 65.3 Å². The predicted octanol–water partition coefficient (Wildman–Crippen LogP) is 4.37. The van der Waals surface area contributed by atoms with Crippen molar-refractivity contribution in [2.24, 2.45) is 0 Å². The van der Waals surface area contributed by atoms with Gasteiger partial charge in [-0.25, -0.2) is 13.4 Å². The van der Waals surface area contributed by atoms with Gasteiger partial charge in [0.25, 0.3) is 10.0 Å². The van der Waals surface area contributed by atoms with Crippen LogP contribution in [0, 0.1) is 0 Å². The average Bonchev–Trinajstić information content (AvgIpc) is 2.96. The Bertz CT molecular complexity index is 875. The number of benzene rings is 2. The first kappa shape index (κ1) is 15.2. The highest BCUT2D eigenvalue weighted by molar-refractivity contribution is 9.10. The minimum absolute atomic E-state index is 0.201. The van der Waals surface area contributed by atoms with Gasteiger partial charge in [0.15, 0.2) is 5.13 Å². The SMILES string of the molecule is O=S(=O)(Nc1ncc(-c2ccccc2)s1)c1ccc(Br)cc1. The van der Waals surface area contributed by atoms with E-state index in [9.17, 15) is 8.42 Å². The number of sulfonamides is 1. The van der Waals surface area contributed by atoms with Gasteiger partial charge in [-0.15, -0.1) is 0 Å². The van der Waals surface area contributed by atoms with Crippen LogP contribution in [0.2, 0.25) is 0 Å². The maximum Gasteiger partial charge on any atom is 0.263 e. The molecule has 1 heterocycles. The molecule has 4 nitrogen and oxygen atoms in total. The molecule has 0 atom stereocenters. The molecule has 7 heteroatoms. The topological polar surface area (TPSA) is 59.1 Å². The van der Waals surface area contributed by atoms with Gasteiger partial charge in [0, 0.05) is 10.7 Å². The normalized spacial score (nSPS) is 11.3. The Labute approximate surface area is 141 Å². The number of thiazole rings is 1. The van der Waals surface area contributed by atoms with Crippen molar-refractivity contribution in [3.63, 3.8) is 0 Å². The van der Waals surface area contributed by atoms with E-state index in [2.05, 4.69) is 25.6 Å². The molecule has 0 spiro atoms. The second-order valence-electron chi connectivity index (χ2n) is 4.46. The van der Waals surface area contributed by atoms with Crippen LogP contribution < -0.4 is 4.72 Å². The lowest BCUT2D eigenvalue weighted by Gasteiger charge is -2.04. The fraction of sp³-hybridized carbons (Fsp3) is 0. The minimum Gasteiger partial charge on any atom is -0.255 e. The zero-order valence-electron chi connectivity index (χ0n) is 11.2. The molecule has 2 aromatic carbocycles. The van der Waals surface area contributed by atoms with Gasteiger partial charge >= 0.3 is 0 Å². The number of rotatable bonds is 4. The number of anilines is 1. The molecule has 0 bridgehead atoms. The summed E-state index contributed by atoms with van der Waals surface area (Å²) in [5, 5.41) is 0.349. The molecule has 0 fully saturated rings. The largest absolute Gasteiger partial charge is 0.263 e. The lowest BCUT2D eigenvalue weighted by Crippen LogP contribution is -2.12. The average molecular weight is 395 g/mol. The Balaban J connectivity index is 1.84. The molecular formula is C15H11BrN2O2S2. The van der Waals surface area contributed by atoms with Gasteiger partial charge in [-0.3, -0.25) is 4.72 Å². The van der Waals surface area contributed by atoms with Crippen LogP contribution in [0.4, 0.5) is 5.13 Å². The number of hydrogen-bond acceptors (Lipinski definition) is 4. The van der Waals surface area contributed by atoms with E-state index in [1.54, 1.807) is 18.3 Å². The molecular weight excluding hydrogens is 384 g/mol. The van der Waals surface area contributed by atoms with Gasteiger partial charge in [-0.05, 0) is 29.8 Å². The highest BCUT2D eigenvalue weighted by atomic mass is 79.9. The number of nitrogens with zero attached hydrogens (tertiary/aromatic N) is 1. The van der Waals surface area contributed by atoms with Gasteiger partial charge < -0.3 is 0 Å². The fourth-order valence-corrected chi connectivity index (χ4v) is 4.17. The number of nitrogens with one attached hydrogen (secondary N) is 1. The van der Waals surface area contributed by atoms with Crippen molar-refractivity contribution < 1.29 is 8.42 Å². The van der Waals surface area contributed by atoms with E-state index in [4.69, 9.17) is 0 Å². The summed E-state index contributed by atoms with van der Waals surface area (Å²) in [4.78, 5) is 5.25. The minimum atomic E-state index is -3.62. The van der Waals surface area contributed by atoms with Crippen LogP contribution in [0.5, 0.6) is 0 Å². The van der Waals surface area contributed by atoms with E-state index in [0.29, 0.717) is 5.13 Å². The van der Waals surface area contributed by atoms with E-state index in [1.165, 1.54) is 23.5 Å². The van der Waals surface area contributed by atoms with Crippen LogP contribution >= 0.6 is 27.3 Å². The second kappa shape index (κ2) is 6.20. The standard InChI is InChI=1S/C15H11BrN2O2S2/c16-12-6-8-13(9-7-12)22(19,20)18-15-17-10-14(21-15)11-4-2-1-3-5-11/h1-10H,(H,17,18). The van der Waals surface area contributed by atoms with Crippen molar-refractivity contribution in [3.8, 4) is 10.4 Å².